The molecular weight excluding hydrogens is 206 g/mol. The van der Waals surface area contributed by atoms with Crippen molar-refractivity contribution >= 4 is 0 Å². The van der Waals surface area contributed by atoms with Crippen molar-refractivity contribution in [2.75, 3.05) is 6.54 Å². The van der Waals surface area contributed by atoms with Crippen molar-refractivity contribution in [3.05, 3.63) is 35.9 Å². The molecule has 1 atom stereocenters. The standard InChI is InChI=1S/C16H25N/c1-16(2,3)15(14-10-5-4-6-11-14)17-12-13-8-7-9-13/h4-6,10-11,13,15,17H,7-9,12H2,1-3H3. The summed E-state index contributed by atoms with van der Waals surface area (Å²) < 4.78 is 0. The van der Waals surface area contributed by atoms with Crippen LogP contribution in [0.4, 0.5) is 0 Å². The number of hydrogen-bond acceptors (Lipinski definition) is 1. The minimum atomic E-state index is 0.269. The lowest BCUT2D eigenvalue weighted by Crippen LogP contribution is -2.37. The van der Waals surface area contributed by atoms with Crippen LogP contribution in [-0.2, 0) is 0 Å². The van der Waals surface area contributed by atoms with Gasteiger partial charge in [-0.15, -0.1) is 0 Å². The first-order valence-corrected chi connectivity index (χ1v) is 6.86. The molecule has 0 aliphatic heterocycles. The molecule has 1 fully saturated rings. The lowest BCUT2D eigenvalue weighted by atomic mass is 9.80. The Bertz CT molecular complexity index is 332. The molecule has 1 aliphatic rings. The van der Waals surface area contributed by atoms with Gasteiger partial charge in [-0.05, 0) is 36.3 Å². The fraction of sp³-hybridized carbons (Fsp3) is 0.625. The van der Waals surface area contributed by atoms with Crippen LogP contribution in [-0.4, -0.2) is 6.54 Å². The molecule has 1 unspecified atom stereocenters. The van der Waals surface area contributed by atoms with Gasteiger partial charge in [-0.3, -0.25) is 0 Å². The summed E-state index contributed by atoms with van der Waals surface area (Å²) in [6, 6.07) is 11.3. The lowest BCUT2D eigenvalue weighted by molar-refractivity contribution is 0.227. The summed E-state index contributed by atoms with van der Waals surface area (Å²) in [7, 11) is 0. The minimum absolute atomic E-state index is 0.269. The molecule has 1 nitrogen and oxygen atoms in total. The van der Waals surface area contributed by atoms with Crippen molar-refractivity contribution < 1.29 is 0 Å². The van der Waals surface area contributed by atoms with E-state index in [0.717, 1.165) is 5.92 Å². The molecule has 0 saturated heterocycles. The Hall–Kier alpha value is -0.820. The fourth-order valence-corrected chi connectivity index (χ4v) is 2.55. The van der Waals surface area contributed by atoms with Crippen LogP contribution < -0.4 is 5.32 Å². The molecule has 2 rings (SSSR count). The van der Waals surface area contributed by atoms with Gasteiger partial charge >= 0.3 is 0 Å². The lowest BCUT2D eigenvalue weighted by Gasteiger charge is -2.35. The Morgan fingerprint density at radius 3 is 2.29 bits per heavy atom. The molecule has 1 heteroatoms. The highest BCUT2D eigenvalue weighted by molar-refractivity contribution is 5.20. The van der Waals surface area contributed by atoms with E-state index in [2.05, 4.69) is 56.4 Å². The van der Waals surface area contributed by atoms with Crippen molar-refractivity contribution in [2.24, 2.45) is 11.3 Å². The van der Waals surface area contributed by atoms with Gasteiger partial charge in [0.15, 0.2) is 0 Å². The Balaban J connectivity index is 2.03. The van der Waals surface area contributed by atoms with Crippen LogP contribution in [0.1, 0.15) is 51.6 Å². The number of rotatable bonds is 4. The molecule has 0 radical (unpaired) electrons. The molecule has 1 aromatic rings. The average Bonchev–Trinajstić information content (AvgIpc) is 2.21. The van der Waals surface area contributed by atoms with E-state index in [4.69, 9.17) is 0 Å². The van der Waals surface area contributed by atoms with Gasteiger partial charge < -0.3 is 5.32 Å². The van der Waals surface area contributed by atoms with Gasteiger partial charge in [0, 0.05) is 6.04 Å². The molecule has 1 aromatic carbocycles. The molecule has 94 valence electrons. The Kier molecular flexibility index (Phi) is 3.88. The normalized spacial score (nSPS) is 18.8. The quantitative estimate of drug-likeness (QED) is 0.820. The first kappa shape index (κ1) is 12.6. The second-order valence-electron chi connectivity index (χ2n) is 6.41. The monoisotopic (exact) mass is 231 g/mol. The first-order chi connectivity index (χ1) is 8.07. The predicted octanol–water partition coefficient (Wildman–Crippen LogP) is 4.16. The largest absolute Gasteiger partial charge is 0.309 e. The SMILES string of the molecule is CC(C)(C)C(NCC1CCC1)c1ccccc1. The summed E-state index contributed by atoms with van der Waals surface area (Å²) in [6.45, 7) is 8.13. The molecule has 0 heterocycles. The maximum Gasteiger partial charge on any atom is 0.0369 e. The van der Waals surface area contributed by atoms with Crippen LogP contribution in [0.25, 0.3) is 0 Å². The van der Waals surface area contributed by atoms with Crippen LogP contribution in [0.2, 0.25) is 0 Å². The van der Waals surface area contributed by atoms with E-state index in [1.165, 1.54) is 31.4 Å². The molecule has 1 saturated carbocycles. The zero-order chi connectivity index (χ0) is 12.3. The van der Waals surface area contributed by atoms with Crippen LogP contribution in [0.3, 0.4) is 0 Å². The summed E-state index contributed by atoms with van der Waals surface area (Å²) >= 11 is 0. The van der Waals surface area contributed by atoms with Crippen molar-refractivity contribution in [3.8, 4) is 0 Å². The second-order valence-corrected chi connectivity index (χ2v) is 6.41. The molecule has 0 spiro atoms. The second kappa shape index (κ2) is 5.22. The highest BCUT2D eigenvalue weighted by Gasteiger charge is 2.27. The summed E-state index contributed by atoms with van der Waals surface area (Å²) in [6.07, 6.45) is 4.26. The Morgan fingerprint density at radius 1 is 1.18 bits per heavy atom. The van der Waals surface area contributed by atoms with E-state index in [1.807, 2.05) is 0 Å². The molecule has 1 N–H and O–H groups in total. The van der Waals surface area contributed by atoms with E-state index >= 15 is 0 Å². The topological polar surface area (TPSA) is 12.0 Å². The summed E-state index contributed by atoms with van der Waals surface area (Å²) in [5.41, 5.74) is 1.68. The van der Waals surface area contributed by atoms with Gasteiger partial charge in [-0.2, -0.15) is 0 Å². The Labute approximate surface area is 106 Å². The zero-order valence-corrected chi connectivity index (χ0v) is 11.4. The van der Waals surface area contributed by atoms with Crippen molar-refractivity contribution in [3.63, 3.8) is 0 Å². The van der Waals surface area contributed by atoms with E-state index < -0.39 is 0 Å². The highest BCUT2D eigenvalue weighted by atomic mass is 14.9. The van der Waals surface area contributed by atoms with Crippen molar-refractivity contribution in [2.45, 2.75) is 46.1 Å². The number of benzene rings is 1. The average molecular weight is 231 g/mol. The van der Waals surface area contributed by atoms with Gasteiger partial charge in [0.05, 0.1) is 0 Å². The van der Waals surface area contributed by atoms with Gasteiger partial charge in [-0.25, -0.2) is 0 Å². The van der Waals surface area contributed by atoms with Gasteiger partial charge in [0.25, 0.3) is 0 Å². The van der Waals surface area contributed by atoms with E-state index in [9.17, 15) is 0 Å². The third-order valence-electron chi connectivity index (χ3n) is 3.83. The zero-order valence-electron chi connectivity index (χ0n) is 11.4. The number of nitrogens with one attached hydrogen (secondary N) is 1. The fourth-order valence-electron chi connectivity index (χ4n) is 2.55. The van der Waals surface area contributed by atoms with E-state index in [1.54, 1.807) is 0 Å². The third kappa shape index (κ3) is 3.32. The van der Waals surface area contributed by atoms with E-state index in [0.29, 0.717) is 6.04 Å². The molecule has 0 amide bonds. The van der Waals surface area contributed by atoms with Crippen molar-refractivity contribution in [1.82, 2.24) is 5.32 Å². The third-order valence-corrected chi connectivity index (χ3v) is 3.83. The summed E-state index contributed by atoms with van der Waals surface area (Å²) in [5, 5.41) is 3.78. The molecule has 0 aromatic heterocycles. The molecule has 1 aliphatic carbocycles. The van der Waals surface area contributed by atoms with Crippen LogP contribution >= 0.6 is 0 Å². The van der Waals surface area contributed by atoms with Crippen molar-refractivity contribution in [1.29, 1.82) is 0 Å². The van der Waals surface area contributed by atoms with E-state index in [-0.39, 0.29) is 5.41 Å². The smallest absolute Gasteiger partial charge is 0.0369 e. The van der Waals surface area contributed by atoms with Gasteiger partial charge in [0.2, 0.25) is 0 Å². The molecular formula is C16H25N. The first-order valence-electron chi connectivity index (χ1n) is 6.86. The van der Waals surface area contributed by atoms with Crippen LogP contribution in [0, 0.1) is 11.3 Å². The molecule has 17 heavy (non-hydrogen) atoms. The molecule has 0 bridgehead atoms. The summed E-state index contributed by atoms with van der Waals surface area (Å²) in [5.74, 6) is 0.920. The maximum atomic E-state index is 3.78. The number of hydrogen-bond donors (Lipinski definition) is 1. The maximum absolute atomic E-state index is 3.78. The van der Waals surface area contributed by atoms with Crippen LogP contribution in [0.15, 0.2) is 30.3 Å². The Morgan fingerprint density at radius 2 is 1.82 bits per heavy atom. The van der Waals surface area contributed by atoms with Crippen LogP contribution in [0.5, 0.6) is 0 Å². The van der Waals surface area contributed by atoms with Gasteiger partial charge in [0.1, 0.15) is 0 Å². The minimum Gasteiger partial charge on any atom is -0.309 e. The summed E-state index contributed by atoms with van der Waals surface area (Å²) in [4.78, 5) is 0. The van der Waals surface area contributed by atoms with Gasteiger partial charge in [-0.1, -0.05) is 57.5 Å². The highest BCUT2D eigenvalue weighted by Crippen LogP contribution is 2.34. The predicted molar refractivity (Wildman–Crippen MR) is 74.0 cm³/mol.